The van der Waals surface area contributed by atoms with Crippen LogP contribution < -0.4 is 5.73 Å². The van der Waals surface area contributed by atoms with Crippen molar-refractivity contribution >= 4 is 11.7 Å². The van der Waals surface area contributed by atoms with Gasteiger partial charge in [0.2, 0.25) is 5.91 Å². The van der Waals surface area contributed by atoms with Crippen molar-refractivity contribution in [2.75, 3.05) is 13.1 Å². The average Bonchev–Trinajstić information content (AvgIpc) is 2.27. The summed E-state index contributed by atoms with van der Waals surface area (Å²) in [6.07, 6.45) is 2.14. The van der Waals surface area contributed by atoms with Gasteiger partial charge in [0.1, 0.15) is 5.84 Å². The first-order chi connectivity index (χ1) is 6.69. The largest absolute Gasteiger partial charge is 0.409 e. The van der Waals surface area contributed by atoms with Crippen molar-refractivity contribution in [3.05, 3.63) is 0 Å². The number of carbonyl (C=O) groups is 1. The summed E-state index contributed by atoms with van der Waals surface area (Å²) in [5, 5.41) is 11.5. The highest BCUT2D eigenvalue weighted by Gasteiger charge is 2.24. The molecule has 0 aromatic rings. The van der Waals surface area contributed by atoms with E-state index in [1.807, 2.05) is 11.8 Å². The molecule has 0 radical (unpaired) electrons. The number of carbonyl (C=O) groups excluding carboxylic acids is 1. The molecule has 0 spiro atoms. The SMILES string of the molecule is CCC(=O)N1CCC(C(N)=NO)CC1. The summed E-state index contributed by atoms with van der Waals surface area (Å²) in [5.41, 5.74) is 5.50. The summed E-state index contributed by atoms with van der Waals surface area (Å²) in [5.74, 6) is 0.595. The van der Waals surface area contributed by atoms with Gasteiger partial charge < -0.3 is 15.8 Å². The van der Waals surface area contributed by atoms with Gasteiger partial charge in [0.05, 0.1) is 0 Å². The fourth-order valence-electron chi connectivity index (χ4n) is 1.73. The normalized spacial score (nSPS) is 19.8. The lowest BCUT2D eigenvalue weighted by atomic mass is 9.96. The lowest BCUT2D eigenvalue weighted by molar-refractivity contribution is -0.131. The number of nitrogens with zero attached hydrogens (tertiary/aromatic N) is 2. The van der Waals surface area contributed by atoms with E-state index >= 15 is 0 Å². The summed E-state index contributed by atoms with van der Waals surface area (Å²) in [4.78, 5) is 13.2. The molecule has 14 heavy (non-hydrogen) atoms. The molecule has 1 aliphatic heterocycles. The molecular weight excluding hydrogens is 182 g/mol. The molecule has 3 N–H and O–H groups in total. The number of hydrogen-bond donors (Lipinski definition) is 2. The second-order valence-electron chi connectivity index (χ2n) is 3.53. The van der Waals surface area contributed by atoms with Gasteiger partial charge in [-0.3, -0.25) is 4.79 Å². The minimum atomic E-state index is 0.126. The van der Waals surface area contributed by atoms with E-state index in [2.05, 4.69) is 5.16 Å². The second-order valence-corrected chi connectivity index (χ2v) is 3.53. The second kappa shape index (κ2) is 4.83. The third kappa shape index (κ3) is 2.37. The van der Waals surface area contributed by atoms with Crippen molar-refractivity contribution in [2.24, 2.45) is 16.8 Å². The van der Waals surface area contributed by atoms with Crippen molar-refractivity contribution < 1.29 is 10.0 Å². The predicted octanol–water partition coefficient (Wildman–Crippen LogP) is 0.381. The van der Waals surface area contributed by atoms with Crippen LogP contribution in [0.3, 0.4) is 0 Å². The van der Waals surface area contributed by atoms with E-state index < -0.39 is 0 Å². The third-order valence-corrected chi connectivity index (χ3v) is 2.68. The third-order valence-electron chi connectivity index (χ3n) is 2.68. The molecular formula is C9H17N3O2. The lowest BCUT2D eigenvalue weighted by Gasteiger charge is -2.31. The Morgan fingerprint density at radius 3 is 2.57 bits per heavy atom. The van der Waals surface area contributed by atoms with Crippen molar-refractivity contribution in [1.82, 2.24) is 4.90 Å². The van der Waals surface area contributed by atoms with Gasteiger partial charge in [-0.05, 0) is 12.8 Å². The van der Waals surface area contributed by atoms with Gasteiger partial charge in [-0.25, -0.2) is 0 Å². The smallest absolute Gasteiger partial charge is 0.222 e. The predicted molar refractivity (Wildman–Crippen MR) is 53.0 cm³/mol. The highest BCUT2D eigenvalue weighted by molar-refractivity contribution is 5.82. The van der Waals surface area contributed by atoms with Gasteiger partial charge in [0.15, 0.2) is 0 Å². The summed E-state index contributed by atoms with van der Waals surface area (Å²) < 4.78 is 0. The number of amidine groups is 1. The molecule has 0 aromatic carbocycles. The van der Waals surface area contributed by atoms with Crippen LogP contribution in [0.2, 0.25) is 0 Å². The molecule has 1 fully saturated rings. The fourth-order valence-corrected chi connectivity index (χ4v) is 1.73. The van der Waals surface area contributed by atoms with Crippen molar-refractivity contribution in [3.8, 4) is 0 Å². The summed E-state index contributed by atoms with van der Waals surface area (Å²) in [6, 6.07) is 0. The lowest BCUT2D eigenvalue weighted by Crippen LogP contribution is -2.41. The van der Waals surface area contributed by atoms with Gasteiger partial charge in [-0.15, -0.1) is 0 Å². The minimum Gasteiger partial charge on any atom is -0.409 e. The maximum absolute atomic E-state index is 11.3. The Bertz CT molecular complexity index is 232. The molecule has 1 aliphatic rings. The van der Waals surface area contributed by atoms with Gasteiger partial charge in [0, 0.05) is 25.4 Å². The summed E-state index contributed by atoms with van der Waals surface area (Å²) in [6.45, 7) is 3.29. The van der Waals surface area contributed by atoms with E-state index in [9.17, 15) is 4.79 Å². The van der Waals surface area contributed by atoms with E-state index in [4.69, 9.17) is 10.9 Å². The monoisotopic (exact) mass is 199 g/mol. The van der Waals surface area contributed by atoms with Gasteiger partial charge in [-0.2, -0.15) is 0 Å². The number of likely N-dealkylation sites (tertiary alicyclic amines) is 1. The topological polar surface area (TPSA) is 78.9 Å². The van der Waals surface area contributed by atoms with Crippen LogP contribution in [0.25, 0.3) is 0 Å². The standard InChI is InChI=1S/C9H17N3O2/c1-2-8(13)12-5-3-7(4-6-12)9(10)11-14/h7,14H,2-6H2,1H3,(H2,10,11). The number of nitrogens with two attached hydrogens (primary N) is 1. The molecule has 5 nitrogen and oxygen atoms in total. The zero-order valence-corrected chi connectivity index (χ0v) is 8.44. The van der Waals surface area contributed by atoms with Crippen LogP contribution in [-0.4, -0.2) is 34.9 Å². The maximum atomic E-state index is 11.3. The molecule has 1 rings (SSSR count). The summed E-state index contributed by atoms with van der Waals surface area (Å²) >= 11 is 0. The molecule has 0 atom stereocenters. The zero-order chi connectivity index (χ0) is 10.6. The molecule has 0 unspecified atom stereocenters. The highest BCUT2D eigenvalue weighted by atomic mass is 16.4. The molecule has 80 valence electrons. The van der Waals surface area contributed by atoms with Crippen LogP contribution in [0.4, 0.5) is 0 Å². The summed E-state index contributed by atoms with van der Waals surface area (Å²) in [7, 11) is 0. The fraction of sp³-hybridized carbons (Fsp3) is 0.778. The van der Waals surface area contributed by atoms with Gasteiger partial charge in [-0.1, -0.05) is 12.1 Å². The number of rotatable bonds is 2. The quantitative estimate of drug-likeness (QED) is 0.292. The highest BCUT2D eigenvalue weighted by Crippen LogP contribution is 2.17. The van der Waals surface area contributed by atoms with E-state index in [-0.39, 0.29) is 17.7 Å². The Labute approximate surface area is 83.6 Å². The zero-order valence-electron chi connectivity index (χ0n) is 8.44. The van der Waals surface area contributed by atoms with E-state index in [1.165, 1.54) is 0 Å². The molecule has 0 saturated carbocycles. The first-order valence-electron chi connectivity index (χ1n) is 4.94. The van der Waals surface area contributed by atoms with Gasteiger partial charge >= 0.3 is 0 Å². The van der Waals surface area contributed by atoms with Crippen LogP contribution in [0.5, 0.6) is 0 Å². The van der Waals surface area contributed by atoms with Crippen molar-refractivity contribution in [1.29, 1.82) is 0 Å². The number of hydrogen-bond acceptors (Lipinski definition) is 3. The molecule has 1 heterocycles. The average molecular weight is 199 g/mol. The minimum absolute atomic E-state index is 0.126. The van der Waals surface area contributed by atoms with Crippen molar-refractivity contribution in [2.45, 2.75) is 26.2 Å². The van der Waals surface area contributed by atoms with Crippen LogP contribution >= 0.6 is 0 Å². The molecule has 1 saturated heterocycles. The number of piperidine rings is 1. The molecule has 1 amide bonds. The molecule has 5 heteroatoms. The molecule has 0 aliphatic carbocycles. The molecule has 0 bridgehead atoms. The van der Waals surface area contributed by atoms with Crippen molar-refractivity contribution in [3.63, 3.8) is 0 Å². The van der Waals surface area contributed by atoms with Crippen LogP contribution in [0.1, 0.15) is 26.2 Å². The van der Waals surface area contributed by atoms with Crippen LogP contribution in [0.15, 0.2) is 5.16 Å². The first kappa shape index (κ1) is 10.8. The number of oxime groups is 1. The van der Waals surface area contributed by atoms with E-state index in [1.54, 1.807) is 0 Å². The Morgan fingerprint density at radius 1 is 1.57 bits per heavy atom. The van der Waals surface area contributed by atoms with Gasteiger partial charge in [0.25, 0.3) is 0 Å². The maximum Gasteiger partial charge on any atom is 0.222 e. The first-order valence-corrected chi connectivity index (χ1v) is 4.94. The number of amides is 1. The Kier molecular flexibility index (Phi) is 3.73. The van der Waals surface area contributed by atoms with E-state index in [0.29, 0.717) is 19.5 Å². The molecule has 0 aromatic heterocycles. The van der Waals surface area contributed by atoms with E-state index in [0.717, 1.165) is 12.8 Å². The van der Waals surface area contributed by atoms with Crippen LogP contribution in [-0.2, 0) is 4.79 Å². The van der Waals surface area contributed by atoms with Crippen LogP contribution in [0, 0.1) is 5.92 Å². The Hall–Kier alpha value is -1.26. The Morgan fingerprint density at radius 2 is 2.14 bits per heavy atom. The Balaban J connectivity index is 2.42.